The van der Waals surface area contributed by atoms with Gasteiger partial charge in [-0.25, -0.2) is 9.78 Å². The van der Waals surface area contributed by atoms with E-state index in [1.165, 1.54) is 24.3 Å². The highest BCUT2D eigenvalue weighted by atomic mass is 35.5. The highest BCUT2D eigenvalue weighted by Gasteiger charge is 2.31. The molecule has 0 aliphatic heterocycles. The number of carbonyl (C=O) groups is 1. The van der Waals surface area contributed by atoms with E-state index >= 15 is 0 Å². The molecule has 0 saturated heterocycles. The first-order chi connectivity index (χ1) is 9.76. The second-order valence-electron chi connectivity index (χ2n) is 3.92. The minimum absolute atomic E-state index is 0.126. The SMILES string of the molecule is O=C(O)c1ccc(-c2cccc(OC(F)(F)F)c2)c(Cl)n1. The van der Waals surface area contributed by atoms with Gasteiger partial charge in [0, 0.05) is 5.56 Å². The van der Waals surface area contributed by atoms with Gasteiger partial charge in [0.15, 0.2) is 0 Å². The number of aromatic nitrogens is 1. The number of hydrogen-bond donors (Lipinski definition) is 1. The maximum Gasteiger partial charge on any atom is 0.573 e. The molecular weight excluding hydrogens is 311 g/mol. The average molecular weight is 318 g/mol. The van der Waals surface area contributed by atoms with E-state index in [1.807, 2.05) is 0 Å². The highest BCUT2D eigenvalue weighted by Crippen LogP contribution is 2.31. The Balaban J connectivity index is 2.38. The third-order valence-corrected chi connectivity index (χ3v) is 2.73. The van der Waals surface area contributed by atoms with Gasteiger partial charge in [-0.2, -0.15) is 0 Å². The van der Waals surface area contributed by atoms with E-state index in [-0.39, 0.29) is 10.8 Å². The van der Waals surface area contributed by atoms with Crippen LogP contribution in [0.1, 0.15) is 10.5 Å². The number of nitrogens with zero attached hydrogens (tertiary/aromatic N) is 1. The molecule has 0 atom stereocenters. The number of ether oxygens (including phenoxy) is 1. The zero-order valence-electron chi connectivity index (χ0n) is 10.2. The molecule has 0 aliphatic carbocycles. The molecule has 0 fully saturated rings. The summed E-state index contributed by atoms with van der Waals surface area (Å²) in [7, 11) is 0. The summed E-state index contributed by atoms with van der Waals surface area (Å²) >= 11 is 5.86. The summed E-state index contributed by atoms with van der Waals surface area (Å²) in [5.41, 5.74) is 0.368. The minimum atomic E-state index is -4.80. The molecular formula is C13H7ClF3NO3. The molecule has 21 heavy (non-hydrogen) atoms. The Morgan fingerprint density at radius 3 is 2.52 bits per heavy atom. The molecule has 0 spiro atoms. The molecule has 2 aromatic rings. The molecule has 1 aromatic carbocycles. The quantitative estimate of drug-likeness (QED) is 0.869. The maximum absolute atomic E-state index is 12.2. The van der Waals surface area contributed by atoms with Gasteiger partial charge in [0.25, 0.3) is 0 Å². The van der Waals surface area contributed by atoms with E-state index < -0.39 is 18.1 Å². The molecule has 0 aliphatic rings. The average Bonchev–Trinajstić information content (AvgIpc) is 2.36. The van der Waals surface area contributed by atoms with Crippen LogP contribution in [0.25, 0.3) is 11.1 Å². The van der Waals surface area contributed by atoms with Crippen LogP contribution < -0.4 is 4.74 Å². The molecule has 0 radical (unpaired) electrons. The summed E-state index contributed by atoms with van der Waals surface area (Å²) in [5, 5.41) is 8.65. The predicted molar refractivity (Wildman–Crippen MR) is 68.3 cm³/mol. The van der Waals surface area contributed by atoms with Gasteiger partial charge in [-0.15, -0.1) is 13.2 Å². The van der Waals surface area contributed by atoms with Crippen LogP contribution in [0.5, 0.6) is 5.75 Å². The Kier molecular flexibility index (Phi) is 4.04. The number of carboxylic acid groups (broad SMARTS) is 1. The van der Waals surface area contributed by atoms with Crippen LogP contribution in [0, 0.1) is 0 Å². The molecule has 8 heteroatoms. The van der Waals surface area contributed by atoms with Gasteiger partial charge in [-0.3, -0.25) is 0 Å². The number of benzene rings is 1. The second kappa shape index (κ2) is 5.61. The maximum atomic E-state index is 12.2. The number of alkyl halides is 3. The van der Waals surface area contributed by atoms with Crippen LogP contribution in [0.4, 0.5) is 13.2 Å². The van der Waals surface area contributed by atoms with Crippen molar-refractivity contribution in [2.45, 2.75) is 6.36 Å². The summed E-state index contributed by atoms with van der Waals surface area (Å²) in [6.45, 7) is 0. The monoisotopic (exact) mass is 317 g/mol. The molecule has 1 heterocycles. The van der Waals surface area contributed by atoms with Crippen molar-refractivity contribution >= 4 is 17.6 Å². The van der Waals surface area contributed by atoms with Crippen molar-refractivity contribution in [3.05, 3.63) is 47.2 Å². The van der Waals surface area contributed by atoms with Gasteiger partial charge in [0.05, 0.1) is 0 Å². The Hall–Kier alpha value is -2.28. The fourth-order valence-electron chi connectivity index (χ4n) is 1.63. The lowest BCUT2D eigenvalue weighted by atomic mass is 10.1. The van der Waals surface area contributed by atoms with E-state index in [9.17, 15) is 18.0 Å². The lowest BCUT2D eigenvalue weighted by Gasteiger charge is -2.10. The number of hydrogen-bond acceptors (Lipinski definition) is 3. The summed E-state index contributed by atoms with van der Waals surface area (Å²) < 4.78 is 40.3. The molecule has 1 aromatic heterocycles. The number of pyridine rings is 1. The highest BCUT2D eigenvalue weighted by molar-refractivity contribution is 6.32. The van der Waals surface area contributed by atoms with Crippen molar-refractivity contribution in [3.8, 4) is 16.9 Å². The normalized spacial score (nSPS) is 11.2. The lowest BCUT2D eigenvalue weighted by Crippen LogP contribution is -2.17. The third-order valence-electron chi connectivity index (χ3n) is 2.45. The third kappa shape index (κ3) is 3.85. The standard InChI is InChI=1S/C13H7ClF3NO3/c14-11-9(4-5-10(18-11)12(19)20)7-2-1-3-8(6-7)21-13(15,16)17/h1-6H,(H,19,20). The Morgan fingerprint density at radius 1 is 1.24 bits per heavy atom. The second-order valence-corrected chi connectivity index (χ2v) is 4.27. The fourth-order valence-corrected chi connectivity index (χ4v) is 1.89. The molecule has 0 amide bonds. The number of rotatable bonds is 3. The smallest absolute Gasteiger partial charge is 0.477 e. The van der Waals surface area contributed by atoms with Crippen molar-refractivity contribution in [2.24, 2.45) is 0 Å². The van der Waals surface area contributed by atoms with Crippen LogP contribution in [0.15, 0.2) is 36.4 Å². The molecule has 0 bridgehead atoms. The predicted octanol–water partition coefficient (Wildman–Crippen LogP) is 4.00. The topological polar surface area (TPSA) is 59.4 Å². The van der Waals surface area contributed by atoms with E-state index in [0.29, 0.717) is 11.1 Å². The van der Waals surface area contributed by atoms with Crippen molar-refractivity contribution < 1.29 is 27.8 Å². The van der Waals surface area contributed by atoms with Crippen molar-refractivity contribution in [3.63, 3.8) is 0 Å². The number of aromatic carboxylic acids is 1. The van der Waals surface area contributed by atoms with Crippen LogP contribution >= 0.6 is 11.6 Å². The van der Waals surface area contributed by atoms with Gasteiger partial charge in [-0.1, -0.05) is 23.7 Å². The molecule has 110 valence electrons. The number of halogens is 4. The van der Waals surface area contributed by atoms with E-state index in [4.69, 9.17) is 16.7 Å². The summed E-state index contributed by atoms with van der Waals surface area (Å²) in [5.74, 6) is -1.66. The molecule has 4 nitrogen and oxygen atoms in total. The van der Waals surface area contributed by atoms with Gasteiger partial charge in [0.2, 0.25) is 0 Å². The van der Waals surface area contributed by atoms with Crippen LogP contribution in [-0.4, -0.2) is 22.4 Å². The lowest BCUT2D eigenvalue weighted by molar-refractivity contribution is -0.274. The zero-order valence-corrected chi connectivity index (χ0v) is 10.9. The first kappa shape index (κ1) is 15.1. The van der Waals surface area contributed by atoms with Crippen LogP contribution in [0.2, 0.25) is 5.15 Å². The van der Waals surface area contributed by atoms with E-state index in [0.717, 1.165) is 12.1 Å². The summed E-state index contributed by atoms with van der Waals surface area (Å²) in [4.78, 5) is 14.4. The van der Waals surface area contributed by atoms with Crippen molar-refractivity contribution in [2.75, 3.05) is 0 Å². The van der Waals surface area contributed by atoms with Crippen LogP contribution in [0.3, 0.4) is 0 Å². The van der Waals surface area contributed by atoms with Crippen molar-refractivity contribution in [1.29, 1.82) is 0 Å². The van der Waals surface area contributed by atoms with E-state index in [2.05, 4.69) is 9.72 Å². The van der Waals surface area contributed by atoms with Gasteiger partial charge in [-0.05, 0) is 29.8 Å². The summed E-state index contributed by atoms with van der Waals surface area (Å²) in [6.07, 6.45) is -4.80. The molecule has 0 unspecified atom stereocenters. The Labute approximate surface area is 121 Å². The van der Waals surface area contributed by atoms with Gasteiger partial charge < -0.3 is 9.84 Å². The molecule has 2 rings (SSSR count). The fraction of sp³-hybridized carbons (Fsp3) is 0.0769. The van der Waals surface area contributed by atoms with Gasteiger partial charge in [0.1, 0.15) is 16.6 Å². The summed E-state index contributed by atoms with van der Waals surface area (Å²) in [6, 6.07) is 7.72. The number of carboxylic acids is 1. The Bertz CT molecular complexity index is 689. The first-order valence-electron chi connectivity index (χ1n) is 5.52. The van der Waals surface area contributed by atoms with Gasteiger partial charge >= 0.3 is 12.3 Å². The van der Waals surface area contributed by atoms with Crippen molar-refractivity contribution in [1.82, 2.24) is 4.98 Å². The molecule has 0 saturated carbocycles. The zero-order chi connectivity index (χ0) is 15.6. The first-order valence-corrected chi connectivity index (χ1v) is 5.90. The van der Waals surface area contributed by atoms with Crippen LogP contribution in [-0.2, 0) is 0 Å². The Morgan fingerprint density at radius 2 is 1.95 bits per heavy atom. The minimum Gasteiger partial charge on any atom is -0.477 e. The largest absolute Gasteiger partial charge is 0.573 e. The van der Waals surface area contributed by atoms with E-state index in [1.54, 1.807) is 0 Å². The molecule has 1 N–H and O–H groups in total.